The van der Waals surface area contributed by atoms with Gasteiger partial charge in [-0.3, -0.25) is 4.90 Å². The highest BCUT2D eigenvalue weighted by Gasteiger charge is 2.31. The molecule has 0 radical (unpaired) electrons. The fraction of sp³-hybridized carbons (Fsp3) is 1.00. The summed E-state index contributed by atoms with van der Waals surface area (Å²) in [6.45, 7) is 12.0. The van der Waals surface area contributed by atoms with E-state index in [1.54, 1.807) is 0 Å². The number of hydrogen-bond acceptors (Lipinski definition) is 3. The second-order valence-electron chi connectivity index (χ2n) is 6.86. The summed E-state index contributed by atoms with van der Waals surface area (Å²) in [4.78, 5) is 5.33. The lowest BCUT2D eigenvalue weighted by Crippen LogP contribution is -2.52. The normalized spacial score (nSPS) is 26.7. The van der Waals surface area contributed by atoms with Crippen molar-refractivity contribution in [1.29, 1.82) is 0 Å². The summed E-state index contributed by atoms with van der Waals surface area (Å²) >= 11 is 0. The molecular formula is C15H30N2O. The lowest BCUT2D eigenvalue weighted by atomic mass is 9.95. The first kappa shape index (κ1) is 14.3. The van der Waals surface area contributed by atoms with Crippen LogP contribution in [0, 0.1) is 0 Å². The first-order valence-corrected chi connectivity index (χ1v) is 7.52. The van der Waals surface area contributed by atoms with Crippen LogP contribution in [0.15, 0.2) is 0 Å². The van der Waals surface area contributed by atoms with Gasteiger partial charge >= 0.3 is 0 Å². The highest BCUT2D eigenvalue weighted by Crippen LogP contribution is 2.25. The molecule has 2 fully saturated rings. The first-order chi connectivity index (χ1) is 8.50. The molecule has 0 saturated carbocycles. The van der Waals surface area contributed by atoms with Crippen molar-refractivity contribution >= 4 is 0 Å². The van der Waals surface area contributed by atoms with Crippen LogP contribution >= 0.6 is 0 Å². The summed E-state index contributed by atoms with van der Waals surface area (Å²) in [6, 6.07) is 0.821. The molecular weight excluding hydrogens is 224 g/mol. The molecule has 0 N–H and O–H groups in total. The van der Waals surface area contributed by atoms with Gasteiger partial charge in [0.05, 0.1) is 6.10 Å². The Morgan fingerprint density at radius 2 is 1.44 bits per heavy atom. The van der Waals surface area contributed by atoms with Crippen LogP contribution in [0.5, 0.6) is 0 Å². The minimum atomic E-state index is 0.341. The predicted octanol–water partition coefficient (Wildman–Crippen LogP) is 2.36. The average molecular weight is 254 g/mol. The van der Waals surface area contributed by atoms with Gasteiger partial charge in [-0.25, -0.2) is 0 Å². The molecule has 2 rings (SSSR count). The molecule has 0 aromatic carbocycles. The number of ether oxygens (including phenoxy) is 1. The molecule has 3 nitrogen and oxygen atoms in total. The number of nitrogens with zero attached hydrogens (tertiary/aromatic N) is 2. The van der Waals surface area contributed by atoms with Crippen molar-refractivity contribution in [3.8, 4) is 0 Å². The number of likely N-dealkylation sites (tertiary alicyclic amines) is 2. The molecule has 18 heavy (non-hydrogen) atoms. The molecule has 2 aliphatic heterocycles. The van der Waals surface area contributed by atoms with Crippen molar-refractivity contribution in [2.24, 2.45) is 0 Å². The van der Waals surface area contributed by atoms with Crippen LogP contribution in [0.2, 0.25) is 0 Å². The molecule has 0 atom stereocenters. The summed E-state index contributed by atoms with van der Waals surface area (Å²) < 4.78 is 5.45. The van der Waals surface area contributed by atoms with Crippen LogP contribution in [0.25, 0.3) is 0 Å². The Morgan fingerprint density at radius 3 is 1.89 bits per heavy atom. The zero-order chi connectivity index (χ0) is 13.2. The summed E-state index contributed by atoms with van der Waals surface area (Å²) in [6.07, 6.45) is 5.63. The van der Waals surface area contributed by atoms with Gasteiger partial charge in [0.1, 0.15) is 0 Å². The number of methoxy groups -OCH3 is 1. The number of rotatable bonds is 2. The van der Waals surface area contributed by atoms with E-state index >= 15 is 0 Å². The van der Waals surface area contributed by atoms with Crippen LogP contribution in [0.4, 0.5) is 0 Å². The van der Waals surface area contributed by atoms with E-state index in [1.807, 2.05) is 7.11 Å². The SMILES string of the molecule is COC1CCN(C2CCN(C(C)(C)C)CC2)CC1. The summed E-state index contributed by atoms with van der Waals surface area (Å²) in [5, 5.41) is 0. The third-order valence-electron chi connectivity index (χ3n) is 4.74. The maximum absolute atomic E-state index is 5.45. The summed E-state index contributed by atoms with van der Waals surface area (Å²) in [5.74, 6) is 0. The Morgan fingerprint density at radius 1 is 0.889 bits per heavy atom. The predicted molar refractivity (Wildman–Crippen MR) is 76.0 cm³/mol. The lowest BCUT2D eigenvalue weighted by Gasteiger charge is -2.45. The number of hydrogen-bond donors (Lipinski definition) is 0. The van der Waals surface area contributed by atoms with Gasteiger partial charge in [0.15, 0.2) is 0 Å². The van der Waals surface area contributed by atoms with Gasteiger partial charge in [-0.05, 0) is 46.5 Å². The third-order valence-corrected chi connectivity index (χ3v) is 4.74. The van der Waals surface area contributed by atoms with E-state index in [1.165, 1.54) is 51.9 Å². The molecule has 0 aromatic heterocycles. The Balaban J connectivity index is 1.77. The summed E-state index contributed by atoms with van der Waals surface area (Å²) in [7, 11) is 1.85. The van der Waals surface area contributed by atoms with Gasteiger partial charge in [-0.15, -0.1) is 0 Å². The Hall–Kier alpha value is -0.120. The van der Waals surface area contributed by atoms with Crippen LogP contribution in [0.3, 0.4) is 0 Å². The standard InChI is InChI=1S/C15H30N2O/c1-15(2,3)17-11-5-13(6-12-17)16-9-7-14(18-4)8-10-16/h13-14H,5-12H2,1-4H3. The van der Waals surface area contributed by atoms with Crippen molar-refractivity contribution < 1.29 is 4.74 Å². The van der Waals surface area contributed by atoms with Gasteiger partial charge in [-0.2, -0.15) is 0 Å². The fourth-order valence-electron chi connectivity index (χ4n) is 3.38. The monoisotopic (exact) mass is 254 g/mol. The largest absolute Gasteiger partial charge is 0.381 e. The average Bonchev–Trinajstić information content (AvgIpc) is 2.38. The molecule has 0 aliphatic carbocycles. The van der Waals surface area contributed by atoms with E-state index in [0.717, 1.165) is 6.04 Å². The van der Waals surface area contributed by atoms with Crippen molar-refractivity contribution in [2.75, 3.05) is 33.3 Å². The molecule has 0 amide bonds. The van der Waals surface area contributed by atoms with Crippen molar-refractivity contribution in [3.05, 3.63) is 0 Å². The molecule has 0 unspecified atom stereocenters. The van der Waals surface area contributed by atoms with Crippen LogP contribution in [-0.2, 0) is 4.74 Å². The van der Waals surface area contributed by atoms with Crippen LogP contribution in [-0.4, -0.2) is 60.8 Å². The second-order valence-corrected chi connectivity index (χ2v) is 6.86. The zero-order valence-corrected chi connectivity index (χ0v) is 12.6. The highest BCUT2D eigenvalue weighted by atomic mass is 16.5. The smallest absolute Gasteiger partial charge is 0.0595 e. The van der Waals surface area contributed by atoms with E-state index in [2.05, 4.69) is 30.6 Å². The molecule has 3 heteroatoms. The van der Waals surface area contributed by atoms with E-state index in [-0.39, 0.29) is 0 Å². The minimum Gasteiger partial charge on any atom is -0.381 e. The van der Waals surface area contributed by atoms with Gasteiger partial charge in [0, 0.05) is 44.9 Å². The Labute approximate surface area is 112 Å². The molecule has 0 aromatic rings. The summed E-state index contributed by atoms with van der Waals surface area (Å²) in [5.41, 5.74) is 0.341. The lowest BCUT2D eigenvalue weighted by molar-refractivity contribution is 0.00449. The van der Waals surface area contributed by atoms with E-state index in [0.29, 0.717) is 11.6 Å². The van der Waals surface area contributed by atoms with Crippen molar-refractivity contribution in [1.82, 2.24) is 9.80 Å². The van der Waals surface area contributed by atoms with Crippen molar-refractivity contribution in [2.45, 2.75) is 64.1 Å². The maximum Gasteiger partial charge on any atom is 0.0595 e. The molecule has 0 bridgehead atoms. The number of piperidine rings is 2. The molecule has 2 saturated heterocycles. The minimum absolute atomic E-state index is 0.341. The highest BCUT2D eigenvalue weighted by molar-refractivity contribution is 4.87. The molecule has 2 heterocycles. The third kappa shape index (κ3) is 3.46. The van der Waals surface area contributed by atoms with Crippen molar-refractivity contribution in [3.63, 3.8) is 0 Å². The topological polar surface area (TPSA) is 15.7 Å². The van der Waals surface area contributed by atoms with Gasteiger partial charge < -0.3 is 9.64 Å². The van der Waals surface area contributed by atoms with Gasteiger partial charge in [-0.1, -0.05) is 0 Å². The molecule has 106 valence electrons. The molecule has 2 aliphatic rings. The van der Waals surface area contributed by atoms with Gasteiger partial charge in [0.25, 0.3) is 0 Å². The van der Waals surface area contributed by atoms with Crippen LogP contribution < -0.4 is 0 Å². The second kappa shape index (κ2) is 5.89. The maximum atomic E-state index is 5.45. The first-order valence-electron chi connectivity index (χ1n) is 7.52. The fourth-order valence-corrected chi connectivity index (χ4v) is 3.38. The van der Waals surface area contributed by atoms with Crippen LogP contribution in [0.1, 0.15) is 46.5 Å². The van der Waals surface area contributed by atoms with E-state index in [4.69, 9.17) is 4.74 Å². The van der Waals surface area contributed by atoms with Gasteiger partial charge in [0.2, 0.25) is 0 Å². The van der Waals surface area contributed by atoms with E-state index in [9.17, 15) is 0 Å². The quantitative estimate of drug-likeness (QED) is 0.752. The van der Waals surface area contributed by atoms with E-state index < -0.39 is 0 Å². The Bertz CT molecular complexity index is 246. The Kier molecular flexibility index (Phi) is 4.68. The zero-order valence-electron chi connectivity index (χ0n) is 12.6. The molecule has 0 spiro atoms.